The summed E-state index contributed by atoms with van der Waals surface area (Å²) in [6, 6.07) is 61.2. The molecule has 46 heavy (non-hydrogen) atoms. The largest absolute Gasteiger partial charge is 0.360 e. The van der Waals surface area contributed by atoms with Crippen molar-refractivity contribution in [3.05, 3.63) is 187 Å². The first-order valence-electron chi connectivity index (χ1n) is 15.4. The van der Waals surface area contributed by atoms with Crippen LogP contribution in [0, 0.1) is 6.57 Å². The Kier molecular flexibility index (Phi) is 6.87. The lowest BCUT2D eigenvalue weighted by Crippen LogP contribution is -2.77. The minimum absolute atomic E-state index is 0.418. The molecule has 0 saturated heterocycles. The molecular formula is C42H29N3Si. The summed E-state index contributed by atoms with van der Waals surface area (Å²) < 4.78 is 0. The number of para-hydroxylation sites is 3. The Balaban J connectivity index is 1.35. The van der Waals surface area contributed by atoms with E-state index in [0.29, 0.717) is 5.82 Å². The van der Waals surface area contributed by atoms with E-state index in [-0.39, 0.29) is 0 Å². The Morgan fingerprint density at radius 2 is 0.913 bits per heavy atom. The van der Waals surface area contributed by atoms with Crippen molar-refractivity contribution in [2.24, 2.45) is 0 Å². The molecule has 0 radical (unpaired) electrons. The highest BCUT2D eigenvalue weighted by molar-refractivity contribution is 7.21. The van der Waals surface area contributed by atoms with E-state index in [1.165, 1.54) is 32.1 Å². The van der Waals surface area contributed by atoms with Gasteiger partial charge in [0.25, 0.3) is 5.82 Å². The number of benzene rings is 6. The molecule has 8 rings (SSSR count). The molecule has 1 aliphatic heterocycles. The van der Waals surface area contributed by atoms with E-state index in [9.17, 15) is 0 Å². The van der Waals surface area contributed by atoms with Gasteiger partial charge in [-0.3, -0.25) is 0 Å². The Bertz CT molecular complexity index is 2130. The third-order valence-electron chi connectivity index (χ3n) is 9.06. The fourth-order valence-corrected chi connectivity index (χ4v) is 12.2. The molecule has 0 saturated carbocycles. The van der Waals surface area contributed by atoms with Gasteiger partial charge in [-0.1, -0.05) is 152 Å². The summed E-state index contributed by atoms with van der Waals surface area (Å²) in [5.74, 6) is 0.418. The van der Waals surface area contributed by atoms with Gasteiger partial charge in [-0.15, -0.1) is 4.98 Å². The van der Waals surface area contributed by atoms with Gasteiger partial charge in [0.1, 0.15) is 6.20 Å². The monoisotopic (exact) mass is 603 g/mol. The molecule has 2 heterocycles. The van der Waals surface area contributed by atoms with E-state index in [4.69, 9.17) is 6.57 Å². The molecular weight excluding hydrogens is 575 g/mol. The van der Waals surface area contributed by atoms with E-state index in [1.807, 2.05) is 12.1 Å². The summed E-state index contributed by atoms with van der Waals surface area (Å²) in [5.41, 5.74) is 7.63. The maximum absolute atomic E-state index is 7.57. The predicted molar refractivity (Wildman–Crippen MR) is 193 cm³/mol. The highest BCUT2D eigenvalue weighted by Gasteiger charge is 2.48. The molecule has 0 fully saturated rings. The standard InChI is InChI=1S/C42H29N3Si/c1-43-42-36(20-14-30-44-42)32-28-26-31(27-29-32)35-19-8-9-21-37(35)45-38-22-10-12-24-40(38)46(33-15-4-2-5-16-33,34-17-6-3-7-18-34)41-25-13-11-23-39(41)45/h2-30H. The summed E-state index contributed by atoms with van der Waals surface area (Å²) in [4.78, 5) is 10.4. The zero-order valence-corrected chi connectivity index (χ0v) is 26.1. The number of pyridine rings is 1. The predicted octanol–water partition coefficient (Wildman–Crippen LogP) is 8.13. The number of hydrogen-bond acceptors (Lipinski definition) is 2. The lowest BCUT2D eigenvalue weighted by atomic mass is 9.98. The number of rotatable bonds is 5. The highest BCUT2D eigenvalue weighted by atomic mass is 28.3. The summed E-state index contributed by atoms with van der Waals surface area (Å²) in [6.07, 6.45) is 1.67. The molecule has 0 unspecified atom stereocenters. The molecule has 0 atom stereocenters. The van der Waals surface area contributed by atoms with Gasteiger partial charge in [-0.2, -0.15) is 0 Å². The van der Waals surface area contributed by atoms with Crippen LogP contribution in [-0.2, 0) is 0 Å². The molecule has 0 bridgehead atoms. The molecule has 7 aromatic rings. The van der Waals surface area contributed by atoms with E-state index < -0.39 is 8.07 Å². The first-order chi connectivity index (χ1) is 22.8. The second-order valence-corrected chi connectivity index (χ2v) is 15.2. The van der Waals surface area contributed by atoms with Gasteiger partial charge in [-0.05, 0) is 56.1 Å². The SMILES string of the molecule is [C-]#[N+]c1ncccc1-c1ccc(-c2ccccc2N2c3ccccc3[Si](c3ccccc3)(c3ccccc3)c3ccccc32)cc1. The molecule has 0 aliphatic carbocycles. The molecule has 0 spiro atoms. The van der Waals surface area contributed by atoms with E-state index in [0.717, 1.165) is 27.9 Å². The van der Waals surface area contributed by atoms with Crippen molar-refractivity contribution in [2.45, 2.75) is 0 Å². The first-order valence-corrected chi connectivity index (χ1v) is 17.4. The summed E-state index contributed by atoms with van der Waals surface area (Å²) in [5, 5.41) is 5.50. The molecule has 4 heteroatoms. The quantitative estimate of drug-likeness (QED) is 0.146. The Hall–Kier alpha value is -6.02. The molecule has 1 aliphatic rings. The Morgan fingerprint density at radius 3 is 1.48 bits per heavy atom. The number of anilines is 3. The Morgan fingerprint density at radius 1 is 0.457 bits per heavy atom. The molecule has 6 aromatic carbocycles. The van der Waals surface area contributed by atoms with Crippen LogP contribution in [-0.4, -0.2) is 13.1 Å². The average Bonchev–Trinajstić information content (AvgIpc) is 3.14. The van der Waals surface area contributed by atoms with Crippen LogP contribution in [0.15, 0.2) is 176 Å². The van der Waals surface area contributed by atoms with Crippen LogP contribution in [0.5, 0.6) is 0 Å². The van der Waals surface area contributed by atoms with Crippen LogP contribution in [0.25, 0.3) is 27.1 Å². The van der Waals surface area contributed by atoms with E-state index in [2.05, 4.69) is 172 Å². The molecule has 0 N–H and O–H groups in total. The maximum Gasteiger partial charge on any atom is 0.277 e. The van der Waals surface area contributed by atoms with Crippen molar-refractivity contribution in [3.8, 4) is 22.3 Å². The van der Waals surface area contributed by atoms with Gasteiger partial charge in [0.05, 0.1) is 5.69 Å². The molecule has 0 amide bonds. The van der Waals surface area contributed by atoms with Crippen LogP contribution >= 0.6 is 0 Å². The van der Waals surface area contributed by atoms with E-state index in [1.54, 1.807) is 6.20 Å². The van der Waals surface area contributed by atoms with Crippen molar-refractivity contribution < 1.29 is 0 Å². The normalized spacial score (nSPS) is 12.9. The summed E-state index contributed by atoms with van der Waals surface area (Å²) >= 11 is 0. The van der Waals surface area contributed by atoms with Crippen molar-refractivity contribution in [2.75, 3.05) is 4.90 Å². The third kappa shape index (κ3) is 4.29. The highest BCUT2D eigenvalue weighted by Crippen LogP contribution is 2.43. The summed E-state index contributed by atoms with van der Waals surface area (Å²) in [6.45, 7) is 7.57. The van der Waals surface area contributed by atoms with Crippen LogP contribution < -0.4 is 25.6 Å². The topological polar surface area (TPSA) is 20.5 Å². The van der Waals surface area contributed by atoms with Crippen LogP contribution in [0.3, 0.4) is 0 Å². The zero-order valence-electron chi connectivity index (χ0n) is 25.1. The fourth-order valence-electron chi connectivity index (χ4n) is 7.12. The van der Waals surface area contributed by atoms with Crippen LogP contribution in [0.1, 0.15) is 0 Å². The maximum atomic E-state index is 7.57. The smallest absolute Gasteiger partial charge is 0.277 e. The van der Waals surface area contributed by atoms with Gasteiger partial charge in [-0.25, -0.2) is 0 Å². The average molecular weight is 604 g/mol. The molecule has 216 valence electrons. The van der Waals surface area contributed by atoms with Gasteiger partial charge in [0.15, 0.2) is 8.07 Å². The number of aromatic nitrogens is 1. The van der Waals surface area contributed by atoms with Crippen molar-refractivity contribution in [3.63, 3.8) is 0 Å². The van der Waals surface area contributed by atoms with Crippen LogP contribution in [0.2, 0.25) is 0 Å². The molecule has 1 aromatic heterocycles. The number of nitrogens with zero attached hydrogens (tertiary/aromatic N) is 3. The van der Waals surface area contributed by atoms with Gasteiger partial charge in [0.2, 0.25) is 0 Å². The fraction of sp³-hybridized carbons (Fsp3) is 0. The minimum Gasteiger partial charge on any atom is -0.360 e. The Labute approximate surface area is 270 Å². The zero-order chi connectivity index (χ0) is 30.9. The second-order valence-electron chi connectivity index (χ2n) is 11.4. The molecule has 3 nitrogen and oxygen atoms in total. The van der Waals surface area contributed by atoms with Crippen LogP contribution in [0.4, 0.5) is 22.9 Å². The van der Waals surface area contributed by atoms with Crippen molar-refractivity contribution in [1.82, 2.24) is 4.98 Å². The summed E-state index contributed by atoms with van der Waals surface area (Å²) in [7, 11) is -2.67. The van der Waals surface area contributed by atoms with Crippen molar-refractivity contribution in [1.29, 1.82) is 0 Å². The van der Waals surface area contributed by atoms with Crippen molar-refractivity contribution >= 4 is 51.7 Å². The lowest BCUT2D eigenvalue weighted by molar-refractivity contribution is 1.29. The van der Waals surface area contributed by atoms with Gasteiger partial charge < -0.3 is 9.74 Å². The lowest BCUT2D eigenvalue weighted by Gasteiger charge is -2.45. The number of hydrogen-bond donors (Lipinski definition) is 0. The van der Waals surface area contributed by atoms with Gasteiger partial charge >= 0.3 is 0 Å². The number of fused-ring (bicyclic) bond motifs is 2. The van der Waals surface area contributed by atoms with E-state index >= 15 is 0 Å². The first kappa shape index (κ1) is 27.5. The van der Waals surface area contributed by atoms with Gasteiger partial charge in [0, 0.05) is 22.5 Å². The second kappa shape index (κ2) is 11.5. The third-order valence-corrected chi connectivity index (χ3v) is 13.9. The minimum atomic E-state index is -2.67.